The lowest BCUT2D eigenvalue weighted by Crippen LogP contribution is -2.12. The van der Waals surface area contributed by atoms with E-state index in [4.69, 9.17) is 0 Å². The van der Waals surface area contributed by atoms with Crippen molar-refractivity contribution in [2.45, 2.75) is 6.54 Å². The summed E-state index contributed by atoms with van der Waals surface area (Å²) in [6.07, 6.45) is 4.64. The minimum atomic E-state index is -0.259. The Bertz CT molecular complexity index is 822. The quantitative estimate of drug-likeness (QED) is 0.755. The molecule has 2 N–H and O–H groups in total. The molecule has 5 nitrogen and oxygen atoms in total. The molecular formula is C18H15FN4O. The summed E-state index contributed by atoms with van der Waals surface area (Å²) in [7, 11) is 0. The Hall–Kier alpha value is -3.28. The van der Waals surface area contributed by atoms with Gasteiger partial charge in [-0.05, 0) is 30.3 Å². The maximum atomic E-state index is 13.5. The molecule has 0 saturated carbocycles. The summed E-state index contributed by atoms with van der Waals surface area (Å²) in [5, 5.41) is 5.78. The van der Waals surface area contributed by atoms with Crippen molar-refractivity contribution in [3.8, 4) is 0 Å². The van der Waals surface area contributed by atoms with E-state index in [-0.39, 0.29) is 11.7 Å². The highest BCUT2D eigenvalue weighted by Crippen LogP contribution is 2.13. The molecule has 3 rings (SSSR count). The molecule has 1 amide bonds. The molecule has 3 aromatic rings. The van der Waals surface area contributed by atoms with Crippen molar-refractivity contribution < 1.29 is 9.18 Å². The van der Waals surface area contributed by atoms with Crippen molar-refractivity contribution in [2.24, 2.45) is 0 Å². The summed E-state index contributed by atoms with van der Waals surface area (Å²) in [4.78, 5) is 20.1. The van der Waals surface area contributed by atoms with Crippen LogP contribution in [0.2, 0.25) is 0 Å². The van der Waals surface area contributed by atoms with Crippen molar-refractivity contribution >= 4 is 17.4 Å². The lowest BCUT2D eigenvalue weighted by Gasteiger charge is -2.08. The van der Waals surface area contributed by atoms with Gasteiger partial charge in [-0.25, -0.2) is 9.37 Å². The second-order valence-electron chi connectivity index (χ2n) is 5.07. The highest BCUT2D eigenvalue weighted by Gasteiger charge is 2.06. The van der Waals surface area contributed by atoms with Gasteiger partial charge in [0.05, 0.1) is 17.4 Å². The Labute approximate surface area is 138 Å². The van der Waals surface area contributed by atoms with Gasteiger partial charge in [-0.1, -0.05) is 18.2 Å². The first-order valence-electron chi connectivity index (χ1n) is 7.37. The number of benzene rings is 1. The normalized spacial score (nSPS) is 10.2. The topological polar surface area (TPSA) is 66.9 Å². The van der Waals surface area contributed by atoms with E-state index in [1.807, 2.05) is 0 Å². The number of rotatable bonds is 5. The van der Waals surface area contributed by atoms with Crippen LogP contribution < -0.4 is 10.6 Å². The van der Waals surface area contributed by atoms with Crippen LogP contribution in [0.3, 0.4) is 0 Å². The fourth-order valence-electron chi connectivity index (χ4n) is 2.10. The lowest BCUT2D eigenvalue weighted by molar-refractivity contribution is 0.102. The van der Waals surface area contributed by atoms with E-state index in [0.29, 0.717) is 29.2 Å². The monoisotopic (exact) mass is 322 g/mol. The highest BCUT2D eigenvalue weighted by molar-refractivity contribution is 6.03. The minimum absolute atomic E-state index is 0.253. The number of carbonyl (C=O) groups is 1. The molecule has 0 saturated heterocycles. The van der Waals surface area contributed by atoms with Crippen molar-refractivity contribution in [1.82, 2.24) is 9.97 Å². The van der Waals surface area contributed by atoms with Crippen molar-refractivity contribution in [1.29, 1.82) is 0 Å². The number of anilines is 2. The molecule has 1 aromatic carbocycles. The van der Waals surface area contributed by atoms with Gasteiger partial charge in [0, 0.05) is 24.5 Å². The third-order valence-corrected chi connectivity index (χ3v) is 3.36. The van der Waals surface area contributed by atoms with Crippen LogP contribution in [0.4, 0.5) is 15.9 Å². The Morgan fingerprint density at radius 1 is 1.04 bits per heavy atom. The molecule has 120 valence electrons. The third kappa shape index (κ3) is 3.92. The van der Waals surface area contributed by atoms with Crippen LogP contribution in [0.5, 0.6) is 0 Å². The smallest absolute Gasteiger partial charge is 0.257 e. The maximum absolute atomic E-state index is 13.5. The average Bonchev–Trinajstić information content (AvgIpc) is 2.63. The average molecular weight is 322 g/mol. The number of nitrogens with zero attached hydrogens (tertiary/aromatic N) is 2. The molecule has 0 atom stereocenters. The second kappa shape index (κ2) is 7.32. The molecule has 6 heteroatoms. The number of amides is 1. The van der Waals surface area contributed by atoms with Gasteiger partial charge in [-0.3, -0.25) is 9.78 Å². The molecule has 0 spiro atoms. The van der Waals surface area contributed by atoms with E-state index in [9.17, 15) is 9.18 Å². The van der Waals surface area contributed by atoms with Crippen LogP contribution >= 0.6 is 0 Å². The van der Waals surface area contributed by atoms with Crippen molar-refractivity contribution in [2.75, 3.05) is 10.6 Å². The first-order valence-corrected chi connectivity index (χ1v) is 7.37. The number of aromatic nitrogens is 2. The largest absolute Gasteiger partial charge is 0.366 e. The second-order valence-corrected chi connectivity index (χ2v) is 5.07. The predicted octanol–water partition coefficient (Wildman–Crippen LogP) is 3.48. The summed E-state index contributed by atoms with van der Waals surface area (Å²) in [6, 6.07) is 13.4. The summed E-state index contributed by atoms with van der Waals surface area (Å²) in [5.41, 5.74) is 1.60. The van der Waals surface area contributed by atoms with E-state index in [1.165, 1.54) is 18.5 Å². The molecule has 0 aliphatic rings. The van der Waals surface area contributed by atoms with Gasteiger partial charge in [-0.15, -0.1) is 0 Å². The number of pyridine rings is 2. The van der Waals surface area contributed by atoms with E-state index in [1.54, 1.807) is 48.7 Å². The SMILES string of the molecule is O=C(Nc1ccc(NCc2ccccc2F)nc1)c1cccnc1. The van der Waals surface area contributed by atoms with Crippen molar-refractivity contribution in [3.05, 3.63) is 84.1 Å². The van der Waals surface area contributed by atoms with E-state index in [2.05, 4.69) is 20.6 Å². The molecule has 0 fully saturated rings. The molecule has 24 heavy (non-hydrogen) atoms. The van der Waals surface area contributed by atoms with E-state index >= 15 is 0 Å². The maximum Gasteiger partial charge on any atom is 0.257 e. The molecule has 0 radical (unpaired) electrons. The van der Waals surface area contributed by atoms with Gasteiger partial charge in [-0.2, -0.15) is 0 Å². The van der Waals surface area contributed by atoms with Crippen LogP contribution in [0, 0.1) is 5.82 Å². The number of hydrogen-bond donors (Lipinski definition) is 2. The molecule has 0 unspecified atom stereocenters. The van der Waals surface area contributed by atoms with Gasteiger partial charge >= 0.3 is 0 Å². The fraction of sp³-hybridized carbons (Fsp3) is 0.0556. The van der Waals surface area contributed by atoms with E-state index in [0.717, 1.165) is 0 Å². The fourth-order valence-corrected chi connectivity index (χ4v) is 2.10. The molecule has 0 aliphatic carbocycles. The molecular weight excluding hydrogens is 307 g/mol. The highest BCUT2D eigenvalue weighted by atomic mass is 19.1. The zero-order chi connectivity index (χ0) is 16.8. The van der Waals surface area contributed by atoms with Crippen molar-refractivity contribution in [3.63, 3.8) is 0 Å². The van der Waals surface area contributed by atoms with E-state index < -0.39 is 0 Å². The molecule has 2 heterocycles. The zero-order valence-electron chi connectivity index (χ0n) is 12.7. The molecule has 2 aromatic heterocycles. The van der Waals surface area contributed by atoms with Gasteiger partial charge in [0.1, 0.15) is 11.6 Å². The van der Waals surface area contributed by atoms with Crippen LogP contribution in [0.15, 0.2) is 67.1 Å². The van der Waals surface area contributed by atoms with Crippen LogP contribution in [-0.2, 0) is 6.54 Å². The summed E-state index contributed by atoms with van der Waals surface area (Å²) < 4.78 is 13.5. The van der Waals surface area contributed by atoms with Gasteiger partial charge < -0.3 is 10.6 Å². The Morgan fingerprint density at radius 2 is 1.92 bits per heavy atom. The standard InChI is InChI=1S/C18H15FN4O/c19-16-6-2-1-4-13(16)11-21-17-8-7-15(12-22-17)23-18(24)14-5-3-9-20-10-14/h1-10,12H,11H2,(H,21,22)(H,23,24). The minimum Gasteiger partial charge on any atom is -0.366 e. The number of nitrogens with one attached hydrogen (secondary N) is 2. The summed E-state index contributed by atoms with van der Waals surface area (Å²) >= 11 is 0. The van der Waals surface area contributed by atoms with Crippen LogP contribution in [-0.4, -0.2) is 15.9 Å². The Morgan fingerprint density at radius 3 is 2.62 bits per heavy atom. The lowest BCUT2D eigenvalue weighted by atomic mass is 10.2. The van der Waals surface area contributed by atoms with Gasteiger partial charge in [0.25, 0.3) is 5.91 Å². The number of halogens is 1. The number of carbonyl (C=O) groups excluding carboxylic acids is 1. The molecule has 0 aliphatic heterocycles. The summed E-state index contributed by atoms with van der Waals surface area (Å²) in [5.74, 6) is 0.0833. The number of hydrogen-bond acceptors (Lipinski definition) is 4. The van der Waals surface area contributed by atoms with Gasteiger partial charge in [0.2, 0.25) is 0 Å². The predicted molar refractivity (Wildman–Crippen MR) is 90.2 cm³/mol. The first-order chi connectivity index (χ1) is 11.7. The van der Waals surface area contributed by atoms with Gasteiger partial charge in [0.15, 0.2) is 0 Å². The molecule has 0 bridgehead atoms. The first kappa shape index (κ1) is 15.6. The Balaban J connectivity index is 1.59. The van der Waals surface area contributed by atoms with Crippen LogP contribution in [0.1, 0.15) is 15.9 Å². The zero-order valence-corrected chi connectivity index (χ0v) is 12.7. The summed E-state index contributed by atoms with van der Waals surface area (Å²) in [6.45, 7) is 0.334. The van der Waals surface area contributed by atoms with Crippen LogP contribution in [0.25, 0.3) is 0 Å². The Kier molecular flexibility index (Phi) is 4.76. The third-order valence-electron chi connectivity index (χ3n) is 3.36.